The summed E-state index contributed by atoms with van der Waals surface area (Å²) in [5.41, 5.74) is 2.56. The van der Waals surface area contributed by atoms with Crippen molar-refractivity contribution in [1.29, 1.82) is 0 Å². The molecule has 3 saturated heterocycles. The second kappa shape index (κ2) is 11.3. The number of hydrogen-bond donors (Lipinski definition) is 3. The van der Waals surface area contributed by atoms with Crippen LogP contribution in [0.2, 0.25) is 0 Å². The summed E-state index contributed by atoms with van der Waals surface area (Å²) in [5, 5.41) is 17.0. The number of likely N-dealkylation sites (tertiary alicyclic amines) is 1. The quantitative estimate of drug-likeness (QED) is 0.408. The Labute approximate surface area is 244 Å². The number of carbonyl (C=O) groups is 1. The van der Waals surface area contributed by atoms with Crippen molar-refractivity contribution in [3.8, 4) is 11.3 Å². The van der Waals surface area contributed by atoms with Gasteiger partial charge in [0.1, 0.15) is 5.69 Å². The maximum Gasteiger partial charge on any atom is 0.227 e. The standard InChI is InChI=1S/C31H39FN6O4/c1-18(2)38-24-13-20(27-22(32)14-34-30(36-27)35-23-7-12-42-16-26(23)39)5-6-21(24)28(40)19(3)25(38)15-37-11-4-8-31(17-37)9-10-33-29(31)41/h5-6,13-14,18,23,26,39H,4,7-12,15-17H2,1-3H3,(H,33,41)(H,34,35,36)/t23-,26-,31?/m1/s1. The van der Waals surface area contributed by atoms with Gasteiger partial charge in [-0.15, -0.1) is 0 Å². The summed E-state index contributed by atoms with van der Waals surface area (Å²) in [4.78, 5) is 37.2. The Morgan fingerprint density at radius 2 is 2.12 bits per heavy atom. The second-order valence-electron chi connectivity index (χ2n) is 12.3. The molecule has 224 valence electrons. The van der Waals surface area contributed by atoms with Gasteiger partial charge in [-0.25, -0.2) is 14.4 Å². The number of aliphatic hydroxyl groups is 1. The van der Waals surface area contributed by atoms with Gasteiger partial charge in [0.25, 0.3) is 0 Å². The lowest BCUT2D eigenvalue weighted by molar-refractivity contribution is -0.130. The zero-order valence-electron chi connectivity index (χ0n) is 24.5. The van der Waals surface area contributed by atoms with Gasteiger partial charge in [-0.05, 0) is 65.1 Å². The van der Waals surface area contributed by atoms with Gasteiger partial charge >= 0.3 is 0 Å². The van der Waals surface area contributed by atoms with E-state index >= 15 is 4.39 Å². The van der Waals surface area contributed by atoms with Gasteiger partial charge in [-0.3, -0.25) is 14.5 Å². The number of benzene rings is 1. The Balaban J connectivity index is 1.39. The highest BCUT2D eigenvalue weighted by atomic mass is 19.1. The number of nitrogens with zero attached hydrogens (tertiary/aromatic N) is 4. The molecule has 0 saturated carbocycles. The molecule has 1 spiro atoms. The molecule has 0 aliphatic carbocycles. The van der Waals surface area contributed by atoms with E-state index in [1.807, 2.05) is 13.0 Å². The second-order valence-corrected chi connectivity index (χ2v) is 12.3. The summed E-state index contributed by atoms with van der Waals surface area (Å²) in [6.45, 7) is 9.56. The van der Waals surface area contributed by atoms with Crippen molar-refractivity contribution in [1.82, 2.24) is 24.8 Å². The van der Waals surface area contributed by atoms with E-state index in [4.69, 9.17) is 4.74 Å². The minimum Gasteiger partial charge on any atom is -0.389 e. The van der Waals surface area contributed by atoms with Crippen LogP contribution in [0.3, 0.4) is 0 Å². The monoisotopic (exact) mass is 578 g/mol. The molecule has 42 heavy (non-hydrogen) atoms. The molecule has 10 nitrogen and oxygen atoms in total. The number of anilines is 1. The summed E-state index contributed by atoms with van der Waals surface area (Å²) in [5.74, 6) is -0.217. The zero-order valence-corrected chi connectivity index (χ0v) is 24.5. The molecule has 3 aliphatic heterocycles. The molecular weight excluding hydrogens is 539 g/mol. The van der Waals surface area contributed by atoms with Gasteiger partial charge in [-0.1, -0.05) is 6.07 Å². The fourth-order valence-corrected chi connectivity index (χ4v) is 6.89. The number of amides is 1. The smallest absolute Gasteiger partial charge is 0.227 e. The van der Waals surface area contributed by atoms with E-state index in [0.717, 1.165) is 37.7 Å². The van der Waals surface area contributed by atoms with E-state index in [9.17, 15) is 14.7 Å². The first-order valence-electron chi connectivity index (χ1n) is 14.9. The number of aromatic nitrogens is 3. The summed E-state index contributed by atoms with van der Waals surface area (Å²) in [6.07, 6.45) is 3.66. The van der Waals surface area contributed by atoms with Crippen LogP contribution in [0, 0.1) is 18.2 Å². The van der Waals surface area contributed by atoms with Crippen LogP contribution in [0.5, 0.6) is 0 Å². The summed E-state index contributed by atoms with van der Waals surface area (Å²) in [6, 6.07) is 5.03. The molecule has 0 radical (unpaired) electrons. The molecule has 1 unspecified atom stereocenters. The molecule has 2 aromatic heterocycles. The Morgan fingerprint density at radius 1 is 1.29 bits per heavy atom. The minimum absolute atomic E-state index is 0.0214. The first-order chi connectivity index (χ1) is 20.2. The van der Waals surface area contributed by atoms with Crippen molar-refractivity contribution in [2.24, 2.45) is 5.41 Å². The van der Waals surface area contributed by atoms with Crippen LogP contribution in [-0.2, 0) is 16.1 Å². The van der Waals surface area contributed by atoms with E-state index in [0.29, 0.717) is 54.7 Å². The average molecular weight is 579 g/mol. The highest BCUT2D eigenvalue weighted by Crippen LogP contribution is 2.37. The van der Waals surface area contributed by atoms with E-state index < -0.39 is 11.9 Å². The normalized spacial score (nSPS) is 25.0. The maximum atomic E-state index is 15.1. The molecule has 3 aliphatic rings. The molecule has 3 fully saturated rings. The lowest BCUT2D eigenvalue weighted by Gasteiger charge is -2.39. The molecule has 11 heteroatoms. The molecule has 0 bridgehead atoms. The highest BCUT2D eigenvalue weighted by molar-refractivity contribution is 5.86. The van der Waals surface area contributed by atoms with Crippen LogP contribution < -0.4 is 16.1 Å². The van der Waals surface area contributed by atoms with Crippen LogP contribution in [0.4, 0.5) is 10.3 Å². The summed E-state index contributed by atoms with van der Waals surface area (Å²) < 4.78 is 22.6. The van der Waals surface area contributed by atoms with Crippen LogP contribution in [0.25, 0.3) is 22.2 Å². The Kier molecular flexibility index (Phi) is 7.75. The Hall–Kier alpha value is -3.41. The van der Waals surface area contributed by atoms with Crippen LogP contribution >= 0.6 is 0 Å². The number of fused-ring (bicyclic) bond motifs is 1. The van der Waals surface area contributed by atoms with Gasteiger partial charge < -0.3 is 25.0 Å². The first kappa shape index (κ1) is 28.7. The number of carbonyl (C=O) groups excluding carboxylic acids is 1. The SMILES string of the molecule is Cc1c(CN2CCCC3(CCNC3=O)C2)n(C(C)C)c2cc(-c3nc(N[C@@H]4CCOC[C@H]4O)ncc3F)ccc2c1=O. The highest BCUT2D eigenvalue weighted by Gasteiger charge is 2.45. The number of rotatable bonds is 6. The first-order valence-corrected chi connectivity index (χ1v) is 14.9. The van der Waals surface area contributed by atoms with Crippen LogP contribution in [-0.4, -0.2) is 75.4 Å². The van der Waals surface area contributed by atoms with Crippen molar-refractivity contribution >= 4 is 22.8 Å². The molecule has 1 amide bonds. The lowest BCUT2D eigenvalue weighted by Crippen LogP contribution is -2.47. The van der Waals surface area contributed by atoms with E-state index in [-0.39, 0.29) is 47.1 Å². The zero-order chi connectivity index (χ0) is 29.6. The van der Waals surface area contributed by atoms with Crippen LogP contribution in [0.1, 0.15) is 56.8 Å². The number of hydrogen-bond acceptors (Lipinski definition) is 8. The third kappa shape index (κ3) is 5.18. The molecule has 3 atom stereocenters. The summed E-state index contributed by atoms with van der Waals surface area (Å²) >= 11 is 0. The van der Waals surface area contributed by atoms with Gasteiger partial charge in [0.05, 0.1) is 35.9 Å². The Morgan fingerprint density at radius 3 is 2.86 bits per heavy atom. The van der Waals surface area contributed by atoms with Crippen molar-refractivity contribution < 1.29 is 19.0 Å². The van der Waals surface area contributed by atoms with E-state index in [1.54, 1.807) is 12.1 Å². The summed E-state index contributed by atoms with van der Waals surface area (Å²) in [7, 11) is 0. The predicted molar refractivity (Wildman–Crippen MR) is 158 cm³/mol. The van der Waals surface area contributed by atoms with Crippen molar-refractivity contribution in [3.05, 3.63) is 51.7 Å². The van der Waals surface area contributed by atoms with E-state index in [1.165, 1.54) is 0 Å². The third-order valence-electron chi connectivity index (χ3n) is 9.14. The molecule has 5 heterocycles. The largest absolute Gasteiger partial charge is 0.389 e. The molecule has 3 aromatic rings. The van der Waals surface area contributed by atoms with Crippen molar-refractivity contribution in [2.75, 3.05) is 38.2 Å². The fraction of sp³-hybridized carbons (Fsp3) is 0.548. The molecule has 1 aromatic carbocycles. The predicted octanol–water partition coefficient (Wildman–Crippen LogP) is 3.15. The average Bonchev–Trinajstić information content (AvgIpc) is 3.31. The number of ether oxygens (including phenoxy) is 1. The van der Waals surface area contributed by atoms with Gasteiger partial charge in [0, 0.05) is 54.5 Å². The molecule has 3 N–H and O–H groups in total. The van der Waals surface area contributed by atoms with Gasteiger partial charge in [0.15, 0.2) is 11.2 Å². The third-order valence-corrected chi connectivity index (χ3v) is 9.14. The van der Waals surface area contributed by atoms with Crippen molar-refractivity contribution in [2.45, 2.75) is 71.2 Å². The number of pyridine rings is 1. The van der Waals surface area contributed by atoms with E-state index in [2.05, 4.69) is 43.9 Å². The molecule has 6 rings (SSSR count). The van der Waals surface area contributed by atoms with Crippen molar-refractivity contribution in [3.63, 3.8) is 0 Å². The number of nitrogens with one attached hydrogen (secondary N) is 2. The minimum atomic E-state index is -0.712. The molecular formula is C31H39FN6O4. The lowest BCUT2D eigenvalue weighted by atomic mass is 9.78. The number of aliphatic hydroxyl groups excluding tert-OH is 1. The van der Waals surface area contributed by atoms with Gasteiger partial charge in [-0.2, -0.15) is 0 Å². The number of piperidine rings is 1. The van der Waals surface area contributed by atoms with Gasteiger partial charge in [0.2, 0.25) is 11.9 Å². The fourth-order valence-electron chi connectivity index (χ4n) is 6.89. The Bertz CT molecular complexity index is 1580. The topological polar surface area (TPSA) is 122 Å². The maximum absolute atomic E-state index is 15.1. The number of halogens is 1. The van der Waals surface area contributed by atoms with Crippen LogP contribution in [0.15, 0.2) is 29.2 Å².